The second-order valence-electron chi connectivity index (χ2n) is 6.44. The minimum Gasteiger partial charge on any atom is -0.469 e. The third-order valence-electron chi connectivity index (χ3n) is 4.83. The van der Waals surface area contributed by atoms with E-state index in [1.165, 1.54) is 0 Å². The van der Waals surface area contributed by atoms with Crippen LogP contribution in [0.2, 0.25) is 0 Å². The Balaban J connectivity index is 1.65. The Bertz CT molecular complexity index is 1060. The van der Waals surface area contributed by atoms with E-state index in [1.54, 1.807) is 10.9 Å². The van der Waals surface area contributed by atoms with Crippen LogP contribution in [0.25, 0.3) is 17.0 Å². The Hall–Kier alpha value is -3.15. The van der Waals surface area contributed by atoms with E-state index in [9.17, 15) is 4.79 Å². The Morgan fingerprint density at radius 2 is 2.08 bits per heavy atom. The van der Waals surface area contributed by atoms with Gasteiger partial charge in [-0.3, -0.25) is 4.79 Å². The normalized spacial score (nSPS) is 17.2. The van der Waals surface area contributed by atoms with E-state index in [1.807, 2.05) is 43.3 Å². The van der Waals surface area contributed by atoms with Gasteiger partial charge in [0.2, 0.25) is 5.95 Å². The molecule has 5 rings (SSSR count). The molecule has 124 valence electrons. The van der Waals surface area contributed by atoms with Crippen LogP contribution in [-0.4, -0.2) is 25.5 Å². The van der Waals surface area contributed by atoms with Crippen molar-refractivity contribution in [1.29, 1.82) is 0 Å². The van der Waals surface area contributed by atoms with E-state index in [2.05, 4.69) is 15.1 Å². The van der Waals surface area contributed by atoms with Crippen molar-refractivity contribution in [2.24, 2.45) is 0 Å². The molecule has 6 nitrogen and oxygen atoms in total. The number of imidazole rings is 1. The number of furan rings is 1. The number of aromatic nitrogens is 4. The topological polar surface area (TPSA) is 76.7 Å². The van der Waals surface area contributed by atoms with Gasteiger partial charge in [0, 0.05) is 18.8 Å². The zero-order valence-corrected chi connectivity index (χ0v) is 13.7. The van der Waals surface area contributed by atoms with Crippen LogP contribution in [0.1, 0.15) is 39.8 Å². The molecule has 1 aliphatic carbocycles. The second kappa shape index (κ2) is 5.17. The molecule has 0 saturated heterocycles. The van der Waals surface area contributed by atoms with Crippen LogP contribution in [0.3, 0.4) is 0 Å². The van der Waals surface area contributed by atoms with Gasteiger partial charge in [-0.1, -0.05) is 12.1 Å². The highest BCUT2D eigenvalue weighted by Gasteiger charge is 2.33. The SMILES string of the molecule is Cc1nn(-c2nc3ccccc3[nH]2)c2c1C(=O)CC(c1ccco1)C2. The number of H-pyrrole nitrogens is 1. The fourth-order valence-electron chi connectivity index (χ4n) is 3.70. The van der Waals surface area contributed by atoms with Gasteiger partial charge in [0.1, 0.15) is 5.76 Å². The Morgan fingerprint density at radius 1 is 1.20 bits per heavy atom. The monoisotopic (exact) mass is 332 g/mol. The van der Waals surface area contributed by atoms with Gasteiger partial charge in [0.05, 0.1) is 34.2 Å². The predicted molar refractivity (Wildman–Crippen MR) is 92.1 cm³/mol. The summed E-state index contributed by atoms with van der Waals surface area (Å²) in [6, 6.07) is 11.6. The summed E-state index contributed by atoms with van der Waals surface area (Å²) in [7, 11) is 0. The van der Waals surface area contributed by atoms with E-state index in [0.717, 1.165) is 33.7 Å². The number of nitrogens with zero attached hydrogens (tertiary/aromatic N) is 3. The summed E-state index contributed by atoms with van der Waals surface area (Å²) in [5, 5.41) is 4.60. The summed E-state index contributed by atoms with van der Waals surface area (Å²) in [5.41, 5.74) is 4.20. The number of carbonyl (C=O) groups is 1. The largest absolute Gasteiger partial charge is 0.469 e. The fourth-order valence-corrected chi connectivity index (χ4v) is 3.70. The summed E-state index contributed by atoms with van der Waals surface area (Å²) < 4.78 is 7.31. The molecule has 1 atom stereocenters. The van der Waals surface area contributed by atoms with E-state index in [-0.39, 0.29) is 11.7 Å². The number of fused-ring (bicyclic) bond motifs is 2. The number of nitrogens with one attached hydrogen (secondary N) is 1. The highest BCUT2D eigenvalue weighted by molar-refractivity contribution is 6.00. The summed E-state index contributed by atoms with van der Waals surface area (Å²) >= 11 is 0. The number of para-hydroxylation sites is 2. The number of benzene rings is 1. The molecule has 25 heavy (non-hydrogen) atoms. The minimum atomic E-state index is 0.0363. The smallest absolute Gasteiger partial charge is 0.229 e. The van der Waals surface area contributed by atoms with Gasteiger partial charge in [-0.05, 0) is 31.2 Å². The van der Waals surface area contributed by atoms with Crippen molar-refractivity contribution in [3.8, 4) is 5.95 Å². The molecule has 0 radical (unpaired) electrons. The van der Waals surface area contributed by atoms with Crippen molar-refractivity contribution in [3.63, 3.8) is 0 Å². The molecule has 1 aliphatic rings. The van der Waals surface area contributed by atoms with Crippen molar-refractivity contribution in [2.45, 2.75) is 25.7 Å². The molecule has 3 aromatic heterocycles. The fraction of sp³-hybridized carbons (Fsp3) is 0.211. The summed E-state index contributed by atoms with van der Waals surface area (Å²) in [6.07, 6.45) is 2.80. The maximum Gasteiger partial charge on any atom is 0.229 e. The predicted octanol–water partition coefficient (Wildman–Crippen LogP) is 3.56. The first kappa shape index (κ1) is 14.2. The first-order valence-electron chi connectivity index (χ1n) is 8.31. The van der Waals surface area contributed by atoms with Crippen LogP contribution in [0.15, 0.2) is 47.1 Å². The summed E-state index contributed by atoms with van der Waals surface area (Å²) in [6.45, 7) is 1.88. The Morgan fingerprint density at radius 3 is 2.88 bits per heavy atom. The average Bonchev–Trinajstić information content (AvgIpc) is 3.32. The first-order chi connectivity index (χ1) is 12.2. The lowest BCUT2D eigenvalue weighted by molar-refractivity contribution is 0.0959. The highest BCUT2D eigenvalue weighted by Crippen LogP contribution is 2.35. The summed E-state index contributed by atoms with van der Waals surface area (Å²) in [5.74, 6) is 1.63. The van der Waals surface area contributed by atoms with Gasteiger partial charge in [-0.25, -0.2) is 9.67 Å². The van der Waals surface area contributed by atoms with E-state index in [0.29, 0.717) is 18.8 Å². The van der Waals surface area contributed by atoms with Crippen LogP contribution in [0, 0.1) is 6.92 Å². The van der Waals surface area contributed by atoms with E-state index >= 15 is 0 Å². The molecule has 0 saturated carbocycles. The number of aromatic amines is 1. The molecule has 0 amide bonds. The highest BCUT2D eigenvalue weighted by atomic mass is 16.3. The molecule has 0 aliphatic heterocycles. The van der Waals surface area contributed by atoms with Crippen molar-refractivity contribution in [3.05, 3.63) is 65.4 Å². The minimum absolute atomic E-state index is 0.0363. The lowest BCUT2D eigenvalue weighted by Crippen LogP contribution is -2.20. The van der Waals surface area contributed by atoms with Gasteiger partial charge in [-0.15, -0.1) is 0 Å². The first-order valence-corrected chi connectivity index (χ1v) is 8.31. The Labute approximate surface area is 143 Å². The molecule has 0 spiro atoms. The second-order valence-corrected chi connectivity index (χ2v) is 6.44. The zero-order chi connectivity index (χ0) is 17.0. The van der Waals surface area contributed by atoms with Crippen LogP contribution < -0.4 is 0 Å². The lowest BCUT2D eigenvalue weighted by atomic mass is 9.84. The maximum absolute atomic E-state index is 12.7. The lowest BCUT2D eigenvalue weighted by Gasteiger charge is -2.20. The van der Waals surface area contributed by atoms with Crippen molar-refractivity contribution in [2.75, 3.05) is 0 Å². The molecular weight excluding hydrogens is 316 g/mol. The standard InChI is InChI=1S/C19H16N4O2/c1-11-18-15(9-12(10-16(18)24)17-7-4-8-25-17)23(22-11)19-20-13-5-2-3-6-14(13)21-19/h2-8,12H,9-10H2,1H3,(H,20,21). The number of Topliss-reactive ketones (excluding diaryl/α,β-unsaturated/α-hetero) is 1. The molecule has 3 heterocycles. The third-order valence-corrected chi connectivity index (χ3v) is 4.83. The van der Waals surface area contributed by atoms with Gasteiger partial charge in [0.25, 0.3) is 0 Å². The zero-order valence-electron chi connectivity index (χ0n) is 13.7. The number of hydrogen-bond acceptors (Lipinski definition) is 4. The van der Waals surface area contributed by atoms with Gasteiger partial charge < -0.3 is 9.40 Å². The number of hydrogen-bond donors (Lipinski definition) is 1. The quantitative estimate of drug-likeness (QED) is 0.609. The van der Waals surface area contributed by atoms with Crippen LogP contribution in [0.4, 0.5) is 0 Å². The summed E-state index contributed by atoms with van der Waals surface area (Å²) in [4.78, 5) is 20.6. The van der Waals surface area contributed by atoms with Crippen LogP contribution >= 0.6 is 0 Å². The van der Waals surface area contributed by atoms with Crippen molar-refractivity contribution >= 4 is 16.8 Å². The number of rotatable bonds is 2. The average molecular weight is 332 g/mol. The van der Waals surface area contributed by atoms with Gasteiger partial charge in [-0.2, -0.15) is 5.10 Å². The van der Waals surface area contributed by atoms with Crippen LogP contribution in [0.5, 0.6) is 0 Å². The molecule has 1 aromatic carbocycles. The van der Waals surface area contributed by atoms with Gasteiger partial charge >= 0.3 is 0 Å². The molecule has 4 aromatic rings. The van der Waals surface area contributed by atoms with Gasteiger partial charge in [0.15, 0.2) is 5.78 Å². The van der Waals surface area contributed by atoms with E-state index in [4.69, 9.17) is 4.42 Å². The molecule has 1 N–H and O–H groups in total. The van der Waals surface area contributed by atoms with E-state index < -0.39 is 0 Å². The maximum atomic E-state index is 12.7. The Kier molecular flexibility index (Phi) is 2.94. The molecule has 1 unspecified atom stereocenters. The third kappa shape index (κ3) is 2.14. The molecule has 0 bridgehead atoms. The molecule has 0 fully saturated rings. The van der Waals surface area contributed by atoms with Crippen molar-refractivity contribution in [1.82, 2.24) is 19.7 Å². The molecule has 6 heteroatoms. The number of aryl methyl sites for hydroxylation is 1. The number of carbonyl (C=O) groups excluding carboxylic acids is 1. The van der Waals surface area contributed by atoms with Crippen LogP contribution in [-0.2, 0) is 6.42 Å². The number of ketones is 1. The van der Waals surface area contributed by atoms with Crippen molar-refractivity contribution < 1.29 is 9.21 Å². The molecular formula is C19H16N4O2.